The number of aliphatic hydroxyl groups is 1. The standard InChI is InChI=1S/C18H19NO6/c20-16(21)15-10-18(23,9-14-7-4-8-24-14)12-19(15)17(22)25-11-13-5-2-1-3-6-13/h1-8,15,23H,9-12H2,(H,20,21)/t15-,18?/m0/s1. The number of rotatable bonds is 5. The molecule has 2 N–H and O–H groups in total. The van der Waals surface area contributed by atoms with E-state index in [1.807, 2.05) is 18.2 Å². The quantitative estimate of drug-likeness (QED) is 0.860. The molecule has 1 aliphatic heterocycles. The minimum Gasteiger partial charge on any atom is -0.480 e. The normalized spacial score (nSPS) is 22.8. The zero-order valence-electron chi connectivity index (χ0n) is 13.5. The number of carbonyl (C=O) groups excluding carboxylic acids is 1. The smallest absolute Gasteiger partial charge is 0.410 e. The summed E-state index contributed by atoms with van der Waals surface area (Å²) in [6, 6.07) is 11.4. The molecule has 1 saturated heterocycles. The molecule has 3 rings (SSSR count). The molecule has 0 saturated carbocycles. The van der Waals surface area contributed by atoms with Crippen LogP contribution >= 0.6 is 0 Å². The largest absolute Gasteiger partial charge is 0.480 e. The molecule has 132 valence electrons. The molecule has 0 aliphatic carbocycles. The van der Waals surface area contributed by atoms with Crippen LogP contribution in [0.2, 0.25) is 0 Å². The first kappa shape index (κ1) is 17.0. The molecule has 2 aromatic rings. The molecule has 7 heteroatoms. The summed E-state index contributed by atoms with van der Waals surface area (Å²) in [4.78, 5) is 24.9. The number of ether oxygens (including phenoxy) is 1. The van der Waals surface area contributed by atoms with Gasteiger partial charge in [-0.25, -0.2) is 9.59 Å². The third kappa shape index (κ3) is 4.00. The Labute approximate surface area is 144 Å². The molecule has 0 radical (unpaired) electrons. The highest BCUT2D eigenvalue weighted by molar-refractivity contribution is 5.81. The van der Waals surface area contributed by atoms with E-state index in [1.165, 1.54) is 6.26 Å². The van der Waals surface area contributed by atoms with Gasteiger partial charge in [-0.2, -0.15) is 0 Å². The van der Waals surface area contributed by atoms with E-state index in [-0.39, 0.29) is 26.0 Å². The van der Waals surface area contributed by atoms with Gasteiger partial charge in [0.1, 0.15) is 18.4 Å². The fourth-order valence-electron chi connectivity index (χ4n) is 3.04. The van der Waals surface area contributed by atoms with Crippen molar-refractivity contribution in [3.05, 3.63) is 60.1 Å². The second-order valence-corrected chi connectivity index (χ2v) is 6.21. The number of hydrogen-bond acceptors (Lipinski definition) is 5. The molecular formula is C18H19NO6. The van der Waals surface area contributed by atoms with Crippen LogP contribution in [0.1, 0.15) is 17.7 Å². The van der Waals surface area contributed by atoms with Gasteiger partial charge < -0.3 is 19.4 Å². The van der Waals surface area contributed by atoms with Crippen LogP contribution in [0.25, 0.3) is 0 Å². The minimum absolute atomic E-state index is 0.0408. The monoisotopic (exact) mass is 345 g/mol. The van der Waals surface area contributed by atoms with E-state index in [4.69, 9.17) is 9.15 Å². The summed E-state index contributed by atoms with van der Waals surface area (Å²) >= 11 is 0. The van der Waals surface area contributed by atoms with Gasteiger partial charge in [-0.1, -0.05) is 30.3 Å². The SMILES string of the molecule is O=C(O)[C@@H]1CC(O)(Cc2ccco2)CN1C(=O)OCc1ccccc1. The number of carboxylic acids is 1. The van der Waals surface area contributed by atoms with Gasteiger partial charge in [0.25, 0.3) is 0 Å². The predicted octanol–water partition coefficient (Wildman–Crippen LogP) is 2.05. The molecule has 7 nitrogen and oxygen atoms in total. The van der Waals surface area contributed by atoms with Crippen molar-refractivity contribution in [2.45, 2.75) is 31.1 Å². The second kappa shape index (κ2) is 6.98. The number of β-amino-alcohol motifs (C(OH)–C–C–N with tert-alkyl or cyclic N) is 1. The Morgan fingerprint density at radius 2 is 2.00 bits per heavy atom. The van der Waals surface area contributed by atoms with E-state index in [1.54, 1.807) is 24.3 Å². The average Bonchev–Trinajstić information content (AvgIpc) is 3.21. The Morgan fingerprint density at radius 3 is 2.64 bits per heavy atom. The first-order valence-electron chi connectivity index (χ1n) is 7.92. The second-order valence-electron chi connectivity index (χ2n) is 6.21. The van der Waals surface area contributed by atoms with Gasteiger partial charge in [0.05, 0.1) is 18.4 Å². The lowest BCUT2D eigenvalue weighted by Crippen LogP contribution is -2.41. The maximum atomic E-state index is 12.3. The Balaban J connectivity index is 1.67. The molecule has 0 bridgehead atoms. The summed E-state index contributed by atoms with van der Waals surface area (Å²) in [5.74, 6) is -0.641. The van der Waals surface area contributed by atoms with Crippen LogP contribution in [0.15, 0.2) is 53.1 Å². The van der Waals surface area contributed by atoms with E-state index in [0.29, 0.717) is 5.76 Å². The van der Waals surface area contributed by atoms with Gasteiger partial charge in [0.2, 0.25) is 0 Å². The summed E-state index contributed by atoms with van der Waals surface area (Å²) < 4.78 is 10.4. The van der Waals surface area contributed by atoms with Crippen LogP contribution in [0.5, 0.6) is 0 Å². The van der Waals surface area contributed by atoms with E-state index >= 15 is 0 Å². The van der Waals surface area contributed by atoms with Crippen molar-refractivity contribution in [1.29, 1.82) is 0 Å². The van der Waals surface area contributed by atoms with Crippen LogP contribution < -0.4 is 0 Å². The van der Waals surface area contributed by atoms with Crippen molar-refractivity contribution in [1.82, 2.24) is 4.90 Å². The molecule has 1 aliphatic rings. The lowest BCUT2D eigenvalue weighted by molar-refractivity contribution is -0.141. The topological polar surface area (TPSA) is 100 Å². The number of carboxylic acid groups (broad SMARTS) is 1. The van der Waals surface area contributed by atoms with Crippen molar-refractivity contribution in [3.8, 4) is 0 Å². The first-order valence-corrected chi connectivity index (χ1v) is 7.92. The molecule has 1 aromatic carbocycles. The van der Waals surface area contributed by atoms with Crippen LogP contribution in [-0.4, -0.2) is 45.4 Å². The number of nitrogens with zero attached hydrogens (tertiary/aromatic N) is 1. The molecule has 0 spiro atoms. The average molecular weight is 345 g/mol. The number of amides is 1. The van der Waals surface area contributed by atoms with Crippen molar-refractivity contribution in [2.24, 2.45) is 0 Å². The molecular weight excluding hydrogens is 326 g/mol. The molecule has 1 fully saturated rings. The van der Waals surface area contributed by atoms with Crippen molar-refractivity contribution >= 4 is 12.1 Å². The molecule has 1 unspecified atom stereocenters. The van der Waals surface area contributed by atoms with Gasteiger partial charge in [0.15, 0.2) is 0 Å². The number of benzene rings is 1. The summed E-state index contributed by atoms with van der Waals surface area (Å²) in [7, 11) is 0. The van der Waals surface area contributed by atoms with Gasteiger partial charge >= 0.3 is 12.1 Å². The fourth-order valence-corrected chi connectivity index (χ4v) is 3.04. The molecule has 2 heterocycles. The van der Waals surface area contributed by atoms with Crippen LogP contribution in [0.4, 0.5) is 4.79 Å². The van der Waals surface area contributed by atoms with E-state index in [0.717, 1.165) is 10.5 Å². The maximum Gasteiger partial charge on any atom is 0.410 e. The molecule has 2 atom stereocenters. The number of carbonyl (C=O) groups is 2. The lowest BCUT2D eigenvalue weighted by Gasteiger charge is -2.22. The summed E-state index contributed by atoms with van der Waals surface area (Å²) in [6.07, 6.45) is 0.774. The van der Waals surface area contributed by atoms with Gasteiger partial charge in [-0.3, -0.25) is 4.90 Å². The number of hydrogen-bond donors (Lipinski definition) is 2. The third-order valence-electron chi connectivity index (χ3n) is 4.22. The lowest BCUT2D eigenvalue weighted by atomic mass is 9.95. The Bertz CT molecular complexity index is 729. The zero-order chi connectivity index (χ0) is 17.9. The summed E-state index contributed by atoms with van der Waals surface area (Å²) in [5.41, 5.74) is -0.570. The highest BCUT2D eigenvalue weighted by Gasteiger charge is 2.49. The summed E-state index contributed by atoms with van der Waals surface area (Å²) in [5, 5.41) is 20.1. The predicted molar refractivity (Wildman–Crippen MR) is 86.7 cm³/mol. The fraction of sp³-hybridized carbons (Fsp3) is 0.333. The Morgan fingerprint density at radius 1 is 1.24 bits per heavy atom. The van der Waals surface area contributed by atoms with Crippen LogP contribution in [0.3, 0.4) is 0 Å². The minimum atomic E-state index is -1.37. The van der Waals surface area contributed by atoms with Crippen LogP contribution in [-0.2, 0) is 22.6 Å². The first-order chi connectivity index (χ1) is 12.0. The number of aliphatic carboxylic acids is 1. The molecule has 1 amide bonds. The number of furan rings is 1. The van der Waals surface area contributed by atoms with E-state index in [9.17, 15) is 19.8 Å². The van der Waals surface area contributed by atoms with Gasteiger partial charge in [0, 0.05) is 12.8 Å². The van der Waals surface area contributed by atoms with Crippen molar-refractivity contribution < 1.29 is 29.0 Å². The van der Waals surface area contributed by atoms with E-state index < -0.39 is 23.7 Å². The highest BCUT2D eigenvalue weighted by atomic mass is 16.6. The highest BCUT2D eigenvalue weighted by Crippen LogP contribution is 2.31. The Hall–Kier alpha value is -2.80. The van der Waals surface area contributed by atoms with Crippen LogP contribution in [0, 0.1) is 0 Å². The molecule has 1 aromatic heterocycles. The van der Waals surface area contributed by atoms with E-state index in [2.05, 4.69) is 0 Å². The third-order valence-corrected chi connectivity index (χ3v) is 4.22. The number of likely N-dealkylation sites (tertiary alicyclic amines) is 1. The molecule has 25 heavy (non-hydrogen) atoms. The Kier molecular flexibility index (Phi) is 4.76. The van der Waals surface area contributed by atoms with Gasteiger partial charge in [-0.15, -0.1) is 0 Å². The van der Waals surface area contributed by atoms with Crippen molar-refractivity contribution in [2.75, 3.05) is 6.54 Å². The zero-order valence-corrected chi connectivity index (χ0v) is 13.5. The maximum absolute atomic E-state index is 12.3. The van der Waals surface area contributed by atoms with Gasteiger partial charge in [-0.05, 0) is 17.7 Å². The summed E-state index contributed by atoms with van der Waals surface area (Å²) in [6.45, 7) is -0.0859. The van der Waals surface area contributed by atoms with Crippen molar-refractivity contribution in [3.63, 3.8) is 0 Å².